The van der Waals surface area contributed by atoms with Gasteiger partial charge in [-0.25, -0.2) is 0 Å². The van der Waals surface area contributed by atoms with Crippen LogP contribution in [-0.2, 0) is 9.59 Å². The van der Waals surface area contributed by atoms with Gasteiger partial charge in [0.05, 0.1) is 12.8 Å². The van der Waals surface area contributed by atoms with Crippen molar-refractivity contribution in [3.63, 3.8) is 0 Å². The number of Topliss-reactive ketones (excluding diaryl/α,β-unsaturated/α-hetero) is 1. The molecule has 1 aromatic carbocycles. The summed E-state index contributed by atoms with van der Waals surface area (Å²) in [5.74, 6) is -2.89. The lowest BCUT2D eigenvalue weighted by Crippen LogP contribution is -2.34. The van der Waals surface area contributed by atoms with Gasteiger partial charge in [0.25, 0.3) is 5.78 Å². The van der Waals surface area contributed by atoms with E-state index in [0.29, 0.717) is 6.21 Å². The van der Waals surface area contributed by atoms with Crippen molar-refractivity contribution in [2.75, 3.05) is 25.1 Å². The molecule has 0 bridgehead atoms. The largest absolute Gasteiger partial charge is 0.495 e. The molecule has 0 heterocycles. The summed E-state index contributed by atoms with van der Waals surface area (Å²) in [5.41, 5.74) is 8.70. The molecule has 1 aromatic rings. The maximum atomic E-state index is 11.6. The average molecular weight is 307 g/mol. The number of aliphatic carboxylic acids is 2. The first-order valence-electron chi connectivity index (χ1n) is 5.97. The number of carboxylic acid groups (broad SMARTS) is 2. The van der Waals surface area contributed by atoms with Crippen LogP contribution in [0.1, 0.15) is 10.4 Å². The van der Waals surface area contributed by atoms with E-state index in [-0.39, 0.29) is 17.0 Å². The molecule has 0 saturated carbocycles. The summed E-state index contributed by atoms with van der Waals surface area (Å²) in [6.07, 6.45) is 0.695. The molecule has 9 heteroatoms. The lowest BCUT2D eigenvalue weighted by atomic mass is 10.1. The molecule has 0 atom stereocenters. The van der Waals surface area contributed by atoms with Crippen LogP contribution in [0.3, 0.4) is 0 Å². The molecule has 0 unspecified atom stereocenters. The molecule has 22 heavy (non-hydrogen) atoms. The zero-order valence-electron chi connectivity index (χ0n) is 11.6. The highest BCUT2D eigenvalue weighted by Crippen LogP contribution is 2.29. The minimum atomic E-state index is -1.21. The number of hydrogen-bond acceptors (Lipinski definition) is 5. The van der Waals surface area contributed by atoms with Gasteiger partial charge in [0.2, 0.25) is 0 Å². The zero-order valence-corrected chi connectivity index (χ0v) is 11.6. The Balaban J connectivity index is 3.25. The van der Waals surface area contributed by atoms with Crippen LogP contribution in [0.15, 0.2) is 18.2 Å². The summed E-state index contributed by atoms with van der Waals surface area (Å²) in [6, 6.07) is 4.01. The number of ether oxygens (including phenoxy) is 1. The van der Waals surface area contributed by atoms with E-state index in [9.17, 15) is 14.4 Å². The van der Waals surface area contributed by atoms with E-state index in [1.54, 1.807) is 0 Å². The normalized spacial score (nSPS) is 9.50. The molecule has 0 aliphatic rings. The molecule has 0 spiro atoms. The molecule has 0 aliphatic carbocycles. The van der Waals surface area contributed by atoms with E-state index in [0.717, 1.165) is 4.90 Å². The summed E-state index contributed by atoms with van der Waals surface area (Å²) >= 11 is 0. The number of benzene rings is 1. The maximum absolute atomic E-state index is 11.6. The molecule has 2 N–H and O–H groups in total. The molecule has 0 amide bonds. The minimum Gasteiger partial charge on any atom is -0.495 e. The Morgan fingerprint density at radius 1 is 1.27 bits per heavy atom. The minimum absolute atomic E-state index is 0.125. The van der Waals surface area contributed by atoms with Gasteiger partial charge < -0.3 is 25.4 Å². The molecule has 0 fully saturated rings. The van der Waals surface area contributed by atoms with Gasteiger partial charge in [-0.2, -0.15) is 4.79 Å². The van der Waals surface area contributed by atoms with E-state index in [1.165, 1.54) is 25.3 Å². The Kier molecular flexibility index (Phi) is 5.79. The van der Waals surface area contributed by atoms with Crippen LogP contribution in [0.2, 0.25) is 0 Å². The van der Waals surface area contributed by atoms with Crippen molar-refractivity contribution >= 4 is 29.6 Å². The number of hydrogen-bond donors (Lipinski definition) is 2. The fourth-order valence-corrected chi connectivity index (χ4v) is 1.77. The zero-order chi connectivity index (χ0) is 16.7. The van der Waals surface area contributed by atoms with Gasteiger partial charge in [0, 0.05) is 5.56 Å². The number of carbonyl (C=O) groups excluding carboxylic acids is 1. The third-order valence-corrected chi connectivity index (χ3v) is 2.63. The van der Waals surface area contributed by atoms with Gasteiger partial charge in [0.15, 0.2) is 0 Å². The topological polar surface area (TPSA) is 141 Å². The number of carboxylic acids is 2. The van der Waals surface area contributed by atoms with Gasteiger partial charge in [0.1, 0.15) is 18.8 Å². The predicted octanol–water partition coefficient (Wildman–Crippen LogP) is 0.154. The second kappa shape index (κ2) is 7.55. The van der Waals surface area contributed by atoms with Gasteiger partial charge in [-0.1, -0.05) is 0 Å². The molecule has 116 valence electrons. The molecule has 0 aliphatic heterocycles. The van der Waals surface area contributed by atoms with E-state index >= 15 is 0 Å². The highest BCUT2D eigenvalue weighted by molar-refractivity contribution is 6.33. The SMILES string of the molecule is COc1cc(C(=O)C=[N+]=[N-])ccc1N(CC(=O)O)CC(=O)O. The van der Waals surface area contributed by atoms with Crippen LogP contribution < -0.4 is 9.64 Å². The molecule has 0 saturated heterocycles. The van der Waals surface area contributed by atoms with Crippen molar-refractivity contribution in [3.8, 4) is 5.75 Å². The summed E-state index contributed by atoms with van der Waals surface area (Å²) < 4.78 is 5.07. The fraction of sp³-hybridized carbons (Fsp3) is 0.231. The standard InChI is InChI=1S/C13H13N3O6/c1-22-11-4-8(10(17)5-15-14)2-3-9(11)16(6-12(18)19)7-13(20)21/h2-5H,6-7H2,1H3,(H,18,19)(H,20,21). The molecular formula is C13H13N3O6. The average Bonchev–Trinajstić information content (AvgIpc) is 2.45. The number of nitrogens with zero attached hydrogens (tertiary/aromatic N) is 3. The van der Waals surface area contributed by atoms with Crippen molar-refractivity contribution in [1.29, 1.82) is 0 Å². The van der Waals surface area contributed by atoms with Gasteiger partial charge in [-0.15, -0.1) is 0 Å². The highest BCUT2D eigenvalue weighted by atomic mass is 16.5. The maximum Gasteiger partial charge on any atom is 0.328 e. The van der Waals surface area contributed by atoms with Crippen LogP contribution in [0.5, 0.6) is 5.75 Å². The monoisotopic (exact) mass is 307 g/mol. The van der Waals surface area contributed by atoms with Crippen molar-refractivity contribution in [2.45, 2.75) is 0 Å². The van der Waals surface area contributed by atoms with E-state index in [1.807, 2.05) is 0 Å². The van der Waals surface area contributed by atoms with Gasteiger partial charge >= 0.3 is 18.2 Å². The first-order valence-corrected chi connectivity index (χ1v) is 5.97. The summed E-state index contributed by atoms with van der Waals surface area (Å²) in [7, 11) is 1.30. The van der Waals surface area contributed by atoms with Gasteiger partial charge in [-0.05, 0) is 18.2 Å². The third kappa shape index (κ3) is 4.43. The molecule has 0 radical (unpaired) electrons. The van der Waals surface area contributed by atoms with Crippen molar-refractivity contribution in [1.82, 2.24) is 0 Å². The summed E-state index contributed by atoms with van der Waals surface area (Å²) in [6.45, 7) is -1.10. The predicted molar refractivity (Wildman–Crippen MR) is 74.5 cm³/mol. The van der Waals surface area contributed by atoms with Crippen molar-refractivity contribution in [3.05, 3.63) is 29.3 Å². The number of carbonyl (C=O) groups is 3. The fourth-order valence-electron chi connectivity index (χ4n) is 1.77. The molecule has 0 aromatic heterocycles. The van der Waals surface area contributed by atoms with Gasteiger partial charge in [-0.3, -0.25) is 14.4 Å². The first-order chi connectivity index (χ1) is 10.4. The highest BCUT2D eigenvalue weighted by Gasteiger charge is 2.19. The second-order valence-corrected chi connectivity index (χ2v) is 4.14. The Morgan fingerprint density at radius 2 is 1.86 bits per heavy atom. The van der Waals surface area contributed by atoms with E-state index in [4.69, 9.17) is 20.5 Å². The van der Waals surface area contributed by atoms with Crippen molar-refractivity contribution in [2.24, 2.45) is 0 Å². The van der Waals surface area contributed by atoms with Crippen LogP contribution in [0.4, 0.5) is 5.69 Å². The lowest BCUT2D eigenvalue weighted by Gasteiger charge is -2.23. The molecule has 1 rings (SSSR count). The Labute approximate surface area is 125 Å². The summed E-state index contributed by atoms with van der Waals surface area (Å²) in [5, 5.41) is 17.7. The van der Waals surface area contributed by atoms with Crippen LogP contribution in [0, 0.1) is 0 Å². The Bertz CT molecular complexity index is 635. The third-order valence-electron chi connectivity index (χ3n) is 2.63. The summed E-state index contributed by atoms with van der Waals surface area (Å²) in [4.78, 5) is 37.0. The smallest absolute Gasteiger partial charge is 0.328 e. The Hall–Kier alpha value is -3.19. The Morgan fingerprint density at radius 3 is 2.32 bits per heavy atom. The molecule has 9 nitrogen and oxygen atoms in total. The first kappa shape index (κ1) is 16.9. The van der Waals surface area contributed by atoms with E-state index < -0.39 is 30.8 Å². The number of methoxy groups -OCH3 is 1. The van der Waals surface area contributed by atoms with E-state index in [2.05, 4.69) is 4.79 Å². The number of rotatable bonds is 8. The number of ketones is 1. The van der Waals surface area contributed by atoms with Crippen LogP contribution >= 0.6 is 0 Å². The molecular weight excluding hydrogens is 294 g/mol. The number of anilines is 1. The second-order valence-electron chi connectivity index (χ2n) is 4.14. The quantitative estimate of drug-likeness (QED) is 0.301. The van der Waals surface area contributed by atoms with Crippen molar-refractivity contribution < 1.29 is 34.1 Å². The van der Waals surface area contributed by atoms with Crippen LogP contribution in [0.25, 0.3) is 5.53 Å². The van der Waals surface area contributed by atoms with Crippen LogP contribution in [-0.4, -0.2) is 59.1 Å². The lowest BCUT2D eigenvalue weighted by molar-refractivity contribution is -0.136.